The van der Waals surface area contributed by atoms with Gasteiger partial charge >= 0.3 is 7.12 Å². The minimum atomic E-state index is -0.0831. The van der Waals surface area contributed by atoms with Crippen LogP contribution in [0, 0.1) is 17.3 Å². The molecule has 2 bridgehead atoms. The molecule has 1 saturated heterocycles. The highest BCUT2D eigenvalue weighted by atomic mass is 16.7. The van der Waals surface area contributed by atoms with Gasteiger partial charge in [0.2, 0.25) is 0 Å². The van der Waals surface area contributed by atoms with Crippen LogP contribution in [0.4, 0.5) is 0 Å². The van der Waals surface area contributed by atoms with Gasteiger partial charge in [0.05, 0.1) is 11.2 Å². The molecule has 0 unspecified atom stereocenters. The lowest BCUT2D eigenvalue weighted by molar-refractivity contribution is -0.235. The monoisotopic (exact) mass is 236 g/mol. The smallest absolute Gasteiger partial charge is 0.403 e. The molecule has 0 aromatic rings. The summed E-state index contributed by atoms with van der Waals surface area (Å²) < 4.78 is 12.7. The quantitative estimate of drug-likeness (QED) is 0.648. The second-order valence-electron chi connectivity index (χ2n) is 7.70. The Bertz CT molecular complexity index is 354. The van der Waals surface area contributed by atoms with E-state index in [1.807, 2.05) is 0 Å². The van der Waals surface area contributed by atoms with Crippen molar-refractivity contribution in [1.82, 2.24) is 0 Å². The van der Waals surface area contributed by atoms with Crippen molar-refractivity contribution in [3.63, 3.8) is 0 Å². The summed E-state index contributed by atoms with van der Waals surface area (Å²) in [4.78, 5) is 0. The maximum atomic E-state index is 6.38. The molecule has 96 valence electrons. The fraction of sp³-hybridized carbons (Fsp3) is 1.00. The molecule has 3 aliphatic carbocycles. The zero-order valence-electron chi connectivity index (χ0n) is 12.0. The van der Waals surface area contributed by atoms with E-state index in [9.17, 15) is 0 Å². The van der Waals surface area contributed by atoms with E-state index in [1.165, 1.54) is 6.42 Å². The third kappa shape index (κ3) is 1.25. The third-order valence-electron chi connectivity index (χ3n) is 6.10. The van der Waals surface area contributed by atoms with E-state index in [4.69, 9.17) is 9.31 Å². The predicted octanol–water partition coefficient (Wildman–Crippen LogP) is 3.51. The van der Waals surface area contributed by atoms with Gasteiger partial charge in [-0.3, -0.25) is 0 Å². The molecule has 3 saturated carbocycles. The molecule has 2 nitrogen and oxygen atoms in total. The lowest BCUT2D eigenvalue weighted by Gasteiger charge is -2.67. The van der Waals surface area contributed by atoms with Gasteiger partial charge in [-0.1, -0.05) is 27.7 Å². The summed E-state index contributed by atoms with van der Waals surface area (Å²) in [7, 11) is -0.0138. The van der Waals surface area contributed by atoms with Crippen LogP contribution >= 0.6 is 0 Å². The maximum Gasteiger partial charge on any atom is 0.460 e. The Hall–Kier alpha value is -0.0151. The molecule has 4 fully saturated rings. The second-order valence-corrected chi connectivity index (χ2v) is 7.70. The lowest BCUT2D eigenvalue weighted by Crippen LogP contribution is -2.70. The molecule has 4 rings (SSSR count). The first-order chi connectivity index (χ1) is 7.71. The van der Waals surface area contributed by atoms with Crippen molar-refractivity contribution in [2.24, 2.45) is 17.3 Å². The zero-order valence-corrected chi connectivity index (χ0v) is 12.0. The molecule has 0 aromatic heterocycles. The van der Waals surface area contributed by atoms with E-state index >= 15 is 0 Å². The number of hydrogen-bond donors (Lipinski definition) is 0. The molecular weight excluding hydrogens is 211 g/mol. The van der Waals surface area contributed by atoms with Crippen molar-refractivity contribution in [3.05, 3.63) is 0 Å². The predicted molar refractivity (Wildman–Crippen MR) is 69.8 cm³/mol. The van der Waals surface area contributed by atoms with Crippen LogP contribution in [0.25, 0.3) is 0 Å². The summed E-state index contributed by atoms with van der Waals surface area (Å²) >= 11 is 0. The molecule has 0 aromatic carbocycles. The van der Waals surface area contributed by atoms with Gasteiger partial charge in [0.25, 0.3) is 0 Å². The highest BCUT2D eigenvalue weighted by Crippen LogP contribution is 2.69. The maximum absolute atomic E-state index is 6.38. The van der Waals surface area contributed by atoms with Crippen LogP contribution in [0.3, 0.4) is 0 Å². The van der Waals surface area contributed by atoms with Crippen molar-refractivity contribution < 1.29 is 9.31 Å². The Balaban J connectivity index is 1.95. The van der Waals surface area contributed by atoms with Gasteiger partial charge in [0, 0.05) is 0 Å². The topological polar surface area (TPSA) is 18.5 Å². The fourth-order valence-electron chi connectivity index (χ4n) is 4.50. The second kappa shape index (κ2) is 3.11. The van der Waals surface area contributed by atoms with Gasteiger partial charge < -0.3 is 9.31 Å². The van der Waals surface area contributed by atoms with Crippen LogP contribution in [0.5, 0.6) is 0 Å². The van der Waals surface area contributed by atoms with Gasteiger partial charge in [0.15, 0.2) is 0 Å². The highest BCUT2D eigenvalue weighted by molar-refractivity contribution is 6.47. The first-order valence-electron chi connectivity index (χ1n) is 7.06. The van der Waals surface area contributed by atoms with Gasteiger partial charge in [0.1, 0.15) is 0 Å². The van der Waals surface area contributed by atoms with Crippen LogP contribution in [0.1, 0.15) is 54.4 Å². The van der Waals surface area contributed by atoms with E-state index in [-0.39, 0.29) is 18.3 Å². The van der Waals surface area contributed by atoms with E-state index in [0.717, 1.165) is 12.3 Å². The highest BCUT2D eigenvalue weighted by Gasteiger charge is 2.72. The van der Waals surface area contributed by atoms with E-state index in [1.54, 1.807) is 0 Å². The third-order valence-corrected chi connectivity index (χ3v) is 6.10. The van der Waals surface area contributed by atoms with Crippen LogP contribution in [0.15, 0.2) is 0 Å². The molecule has 0 radical (unpaired) electrons. The van der Waals surface area contributed by atoms with Gasteiger partial charge in [-0.15, -0.1) is 0 Å². The van der Waals surface area contributed by atoms with E-state index in [0.29, 0.717) is 17.2 Å². The summed E-state index contributed by atoms with van der Waals surface area (Å²) in [6, 6.07) is 0. The molecule has 1 heterocycles. The van der Waals surface area contributed by atoms with Crippen molar-refractivity contribution >= 4 is 7.12 Å². The number of hydrogen-bond acceptors (Lipinski definition) is 2. The lowest BCUT2D eigenvalue weighted by atomic mass is 9.41. The zero-order chi connectivity index (χ0) is 12.6. The largest absolute Gasteiger partial charge is 0.460 e. The minimum Gasteiger partial charge on any atom is -0.403 e. The van der Waals surface area contributed by atoms with Gasteiger partial charge in [-0.05, 0) is 49.8 Å². The Kier molecular flexibility index (Phi) is 2.20. The standard InChI is InChI=1S/C14H25BO2/c1-9(2)15-16-13(5)8-10-7-11(12(10,3)4)14(13,6)17-15/h9-11H,7-8H2,1-6H3/t10-,11-,13+,14-/m0/s1. The van der Waals surface area contributed by atoms with Crippen molar-refractivity contribution in [2.45, 2.75) is 71.4 Å². The molecule has 1 aliphatic heterocycles. The summed E-state index contributed by atoms with van der Waals surface area (Å²) in [6.45, 7) is 13.7. The fourth-order valence-corrected chi connectivity index (χ4v) is 4.50. The summed E-state index contributed by atoms with van der Waals surface area (Å²) in [5.74, 6) is 1.91. The Morgan fingerprint density at radius 1 is 1.12 bits per heavy atom. The molecule has 4 aliphatic rings. The Morgan fingerprint density at radius 3 is 2.29 bits per heavy atom. The van der Waals surface area contributed by atoms with E-state index in [2.05, 4.69) is 41.5 Å². The first kappa shape index (κ1) is 12.0. The molecule has 3 heteroatoms. The molecule has 0 amide bonds. The van der Waals surface area contributed by atoms with Crippen molar-refractivity contribution in [1.29, 1.82) is 0 Å². The van der Waals surface area contributed by atoms with Crippen LogP contribution in [-0.4, -0.2) is 18.3 Å². The van der Waals surface area contributed by atoms with Crippen LogP contribution in [-0.2, 0) is 9.31 Å². The SMILES string of the molecule is CC(C)B1O[C@]2(C)C[C@@H]3C[C@@H](C3(C)C)[C@]2(C)O1. The molecule has 4 atom stereocenters. The molecule has 0 N–H and O–H groups in total. The minimum absolute atomic E-state index is 0.0138. The van der Waals surface area contributed by atoms with Crippen LogP contribution < -0.4 is 0 Å². The van der Waals surface area contributed by atoms with Crippen LogP contribution in [0.2, 0.25) is 5.82 Å². The molecule has 17 heavy (non-hydrogen) atoms. The van der Waals surface area contributed by atoms with Crippen molar-refractivity contribution in [3.8, 4) is 0 Å². The first-order valence-corrected chi connectivity index (χ1v) is 7.06. The van der Waals surface area contributed by atoms with Gasteiger partial charge in [-0.25, -0.2) is 0 Å². The molecule has 0 spiro atoms. The summed E-state index contributed by atoms with van der Waals surface area (Å²) in [6.07, 6.45) is 2.49. The molecular formula is C14H25BO2. The number of rotatable bonds is 1. The summed E-state index contributed by atoms with van der Waals surface area (Å²) in [5.41, 5.74) is 0.286. The normalized spacial score (nSPS) is 51.4. The average molecular weight is 236 g/mol. The van der Waals surface area contributed by atoms with E-state index < -0.39 is 0 Å². The van der Waals surface area contributed by atoms with Crippen molar-refractivity contribution in [2.75, 3.05) is 0 Å². The Labute approximate surface area is 106 Å². The summed E-state index contributed by atoms with van der Waals surface area (Å²) in [5, 5.41) is 0. The van der Waals surface area contributed by atoms with Gasteiger partial charge in [-0.2, -0.15) is 0 Å². The average Bonchev–Trinajstić information content (AvgIpc) is 2.49. The Morgan fingerprint density at radius 2 is 1.76 bits per heavy atom.